The van der Waals surface area contributed by atoms with E-state index in [1.54, 1.807) is 24.3 Å². The Morgan fingerprint density at radius 3 is 2.61 bits per heavy atom. The van der Waals surface area contributed by atoms with Crippen molar-refractivity contribution >= 4 is 28.9 Å². The molecule has 0 aromatic heterocycles. The van der Waals surface area contributed by atoms with E-state index in [2.05, 4.69) is 0 Å². The van der Waals surface area contributed by atoms with Gasteiger partial charge in [-0.2, -0.15) is 0 Å². The van der Waals surface area contributed by atoms with Crippen LogP contribution in [-0.4, -0.2) is 24.7 Å². The van der Waals surface area contributed by atoms with Crippen LogP contribution in [0.2, 0.25) is 0 Å². The van der Waals surface area contributed by atoms with Gasteiger partial charge < -0.3 is 14.2 Å². The summed E-state index contributed by atoms with van der Waals surface area (Å²) >= 11 is 0. The van der Waals surface area contributed by atoms with Gasteiger partial charge in [0, 0.05) is 5.39 Å². The summed E-state index contributed by atoms with van der Waals surface area (Å²) in [5.41, 5.74) is 0.496. The van der Waals surface area contributed by atoms with Crippen LogP contribution < -0.4 is 4.74 Å². The van der Waals surface area contributed by atoms with Crippen molar-refractivity contribution in [3.05, 3.63) is 41.5 Å². The third kappa shape index (κ3) is 2.88. The second-order valence-electron chi connectivity index (χ2n) is 5.61. The summed E-state index contributed by atoms with van der Waals surface area (Å²) < 4.78 is 14.7. The number of benzene rings is 2. The van der Waals surface area contributed by atoms with Crippen molar-refractivity contribution in [2.45, 2.75) is 13.8 Å². The molecule has 0 saturated carbocycles. The van der Waals surface area contributed by atoms with E-state index in [4.69, 9.17) is 14.2 Å². The fourth-order valence-electron chi connectivity index (χ4n) is 2.34. The van der Waals surface area contributed by atoms with Crippen LogP contribution in [0.15, 0.2) is 30.3 Å². The smallest absolute Gasteiger partial charge is 0.434 e. The molecule has 118 valence electrons. The minimum absolute atomic E-state index is 0.157. The molecule has 23 heavy (non-hydrogen) atoms. The fraction of sp³-hybridized carbons (Fsp3) is 0.235. The Balaban J connectivity index is 1.98. The number of carbonyl (C=O) groups is 3. The van der Waals surface area contributed by atoms with Crippen LogP contribution >= 0.6 is 0 Å². The van der Waals surface area contributed by atoms with Gasteiger partial charge in [-0.3, -0.25) is 0 Å². The molecule has 0 spiro atoms. The molecule has 0 saturated heterocycles. The van der Waals surface area contributed by atoms with Gasteiger partial charge in [0.2, 0.25) is 0 Å². The maximum Gasteiger partial charge on any atom is 0.513 e. The zero-order chi connectivity index (χ0) is 16.6. The average molecular weight is 314 g/mol. The van der Waals surface area contributed by atoms with Crippen molar-refractivity contribution in [2.75, 3.05) is 6.61 Å². The highest BCUT2D eigenvalue weighted by atomic mass is 16.7. The maximum absolute atomic E-state index is 11.9. The highest BCUT2D eigenvalue weighted by Gasteiger charge is 2.28. The highest BCUT2D eigenvalue weighted by molar-refractivity contribution is 6.21. The minimum atomic E-state index is -0.846. The normalized spacial score (nSPS) is 13.2. The first-order valence-electron chi connectivity index (χ1n) is 7.13. The molecule has 3 rings (SSSR count). The molecular formula is C17H14O6. The molecule has 6 heteroatoms. The predicted octanol–water partition coefficient (Wildman–Crippen LogP) is 3.32. The van der Waals surface area contributed by atoms with Crippen LogP contribution in [-0.2, 0) is 9.47 Å². The van der Waals surface area contributed by atoms with E-state index in [-0.39, 0.29) is 23.8 Å². The van der Waals surface area contributed by atoms with Gasteiger partial charge in [-0.25, -0.2) is 14.4 Å². The highest BCUT2D eigenvalue weighted by Crippen LogP contribution is 2.32. The SMILES string of the molecule is CC(C)COC(=O)Oc1cc2c3c(cccc3c1)C(=O)OC2=O. The molecule has 0 fully saturated rings. The molecule has 2 aromatic carbocycles. The van der Waals surface area contributed by atoms with Crippen molar-refractivity contribution in [3.8, 4) is 5.75 Å². The Hall–Kier alpha value is -2.89. The molecule has 0 atom stereocenters. The van der Waals surface area contributed by atoms with Gasteiger partial charge in [-0.1, -0.05) is 26.0 Å². The van der Waals surface area contributed by atoms with E-state index in [0.717, 1.165) is 0 Å². The predicted molar refractivity (Wildman–Crippen MR) is 80.5 cm³/mol. The number of hydrogen-bond donors (Lipinski definition) is 0. The first-order valence-corrected chi connectivity index (χ1v) is 7.13. The number of rotatable bonds is 3. The van der Waals surface area contributed by atoms with Crippen molar-refractivity contribution in [2.24, 2.45) is 5.92 Å². The number of carbonyl (C=O) groups excluding carboxylic acids is 3. The summed E-state index contributed by atoms with van der Waals surface area (Å²) in [4.78, 5) is 35.3. The van der Waals surface area contributed by atoms with E-state index < -0.39 is 18.1 Å². The summed E-state index contributed by atoms with van der Waals surface area (Å²) in [5.74, 6) is -1.11. The van der Waals surface area contributed by atoms with Gasteiger partial charge >= 0.3 is 18.1 Å². The summed E-state index contributed by atoms with van der Waals surface area (Å²) in [6.07, 6.45) is -0.846. The Bertz CT molecular complexity index is 821. The van der Waals surface area contributed by atoms with Gasteiger partial charge in [-0.15, -0.1) is 0 Å². The lowest BCUT2D eigenvalue weighted by Gasteiger charge is -2.16. The monoisotopic (exact) mass is 314 g/mol. The lowest BCUT2D eigenvalue weighted by atomic mass is 9.97. The van der Waals surface area contributed by atoms with Crippen molar-refractivity contribution in [3.63, 3.8) is 0 Å². The van der Waals surface area contributed by atoms with Gasteiger partial charge in [0.25, 0.3) is 0 Å². The second kappa shape index (κ2) is 5.72. The van der Waals surface area contributed by atoms with Crippen molar-refractivity contribution < 1.29 is 28.6 Å². The third-order valence-electron chi connectivity index (χ3n) is 3.31. The van der Waals surface area contributed by atoms with E-state index in [1.807, 2.05) is 13.8 Å². The molecule has 0 amide bonds. The van der Waals surface area contributed by atoms with Gasteiger partial charge in [0.15, 0.2) is 0 Å². The molecule has 6 nitrogen and oxygen atoms in total. The molecular weight excluding hydrogens is 300 g/mol. The summed E-state index contributed by atoms with van der Waals surface area (Å²) in [6, 6.07) is 7.92. The van der Waals surface area contributed by atoms with Crippen LogP contribution in [0.5, 0.6) is 5.75 Å². The van der Waals surface area contributed by atoms with Gasteiger partial charge in [0.05, 0.1) is 17.7 Å². The Labute approximate surface area is 131 Å². The molecule has 1 aliphatic rings. The number of hydrogen-bond acceptors (Lipinski definition) is 6. The van der Waals surface area contributed by atoms with Crippen molar-refractivity contribution in [1.29, 1.82) is 0 Å². The first kappa shape index (κ1) is 15.0. The Morgan fingerprint density at radius 1 is 1.13 bits per heavy atom. The number of esters is 2. The summed E-state index contributed by atoms with van der Waals surface area (Å²) in [7, 11) is 0. The van der Waals surface area contributed by atoms with Gasteiger partial charge in [0.1, 0.15) is 5.75 Å². The summed E-state index contributed by atoms with van der Waals surface area (Å²) in [5, 5.41) is 1.10. The topological polar surface area (TPSA) is 78.9 Å². The fourth-order valence-corrected chi connectivity index (χ4v) is 2.34. The van der Waals surface area contributed by atoms with E-state index in [0.29, 0.717) is 16.3 Å². The van der Waals surface area contributed by atoms with Crippen molar-refractivity contribution in [1.82, 2.24) is 0 Å². The second-order valence-corrected chi connectivity index (χ2v) is 5.61. The maximum atomic E-state index is 11.9. The van der Waals surface area contributed by atoms with Gasteiger partial charge in [-0.05, 0) is 29.5 Å². The molecule has 1 heterocycles. The minimum Gasteiger partial charge on any atom is -0.434 e. The third-order valence-corrected chi connectivity index (χ3v) is 3.31. The zero-order valence-electron chi connectivity index (χ0n) is 12.6. The number of ether oxygens (including phenoxy) is 3. The zero-order valence-corrected chi connectivity index (χ0v) is 12.6. The number of cyclic esters (lactones) is 2. The molecule has 0 bridgehead atoms. The standard InChI is InChI=1S/C17H14O6/c1-9(2)8-21-17(20)22-11-6-10-4-3-5-12-14(10)13(7-11)16(19)23-15(12)18/h3-7,9H,8H2,1-2H3. The molecule has 0 aliphatic carbocycles. The molecule has 0 N–H and O–H groups in total. The lowest BCUT2D eigenvalue weighted by molar-refractivity contribution is 0.0390. The average Bonchev–Trinajstić information content (AvgIpc) is 2.50. The molecule has 0 unspecified atom stereocenters. The Morgan fingerprint density at radius 2 is 1.87 bits per heavy atom. The van der Waals surface area contributed by atoms with Crippen LogP contribution in [0.4, 0.5) is 4.79 Å². The quantitative estimate of drug-likeness (QED) is 0.491. The Kier molecular flexibility index (Phi) is 3.73. The van der Waals surface area contributed by atoms with Crippen LogP contribution in [0.1, 0.15) is 34.6 Å². The van der Waals surface area contributed by atoms with Crippen LogP contribution in [0.3, 0.4) is 0 Å². The lowest BCUT2D eigenvalue weighted by Crippen LogP contribution is -2.20. The molecule has 0 radical (unpaired) electrons. The van der Waals surface area contributed by atoms with Crippen LogP contribution in [0, 0.1) is 5.92 Å². The molecule has 1 aliphatic heterocycles. The van der Waals surface area contributed by atoms with E-state index >= 15 is 0 Å². The summed E-state index contributed by atoms with van der Waals surface area (Å²) in [6.45, 7) is 4.05. The first-order chi connectivity index (χ1) is 11.0. The van der Waals surface area contributed by atoms with E-state index in [9.17, 15) is 14.4 Å². The largest absolute Gasteiger partial charge is 0.513 e. The van der Waals surface area contributed by atoms with Crippen LogP contribution in [0.25, 0.3) is 10.8 Å². The van der Waals surface area contributed by atoms with E-state index in [1.165, 1.54) is 6.07 Å². The molecule has 2 aromatic rings.